The molecule has 0 N–H and O–H groups in total. The van der Waals surface area contributed by atoms with Crippen molar-refractivity contribution in [3.05, 3.63) is 24.3 Å². The number of ether oxygens (including phenoxy) is 2. The lowest BCUT2D eigenvalue weighted by molar-refractivity contribution is -0.0315. The monoisotopic (exact) mass is 423 g/mol. The van der Waals surface area contributed by atoms with E-state index in [-0.39, 0.29) is 6.09 Å². The summed E-state index contributed by atoms with van der Waals surface area (Å²) in [5.41, 5.74) is -0.0563. The smallest absolute Gasteiger partial charge is 0.410 e. The van der Waals surface area contributed by atoms with Gasteiger partial charge in [0.05, 0.1) is 11.5 Å². The van der Waals surface area contributed by atoms with Gasteiger partial charge in [0.15, 0.2) is 9.84 Å². The summed E-state index contributed by atoms with van der Waals surface area (Å²) in [7, 11) is -3.17. The van der Waals surface area contributed by atoms with Crippen molar-refractivity contribution in [3.63, 3.8) is 0 Å². The number of carbonyl (C=O) groups excluding carboxylic acids is 1. The molecule has 3 rings (SSSR count). The van der Waals surface area contributed by atoms with Crippen LogP contribution in [0.3, 0.4) is 0 Å². The first-order valence-electron chi connectivity index (χ1n) is 10.4. The molecule has 6 nitrogen and oxygen atoms in total. The summed E-state index contributed by atoms with van der Waals surface area (Å²) in [6.45, 7) is 7.90. The van der Waals surface area contributed by atoms with E-state index in [1.54, 1.807) is 24.3 Å². The molecule has 0 bridgehead atoms. The first kappa shape index (κ1) is 21.9. The quantitative estimate of drug-likeness (QED) is 0.706. The van der Waals surface area contributed by atoms with Gasteiger partial charge in [0, 0.05) is 19.3 Å². The normalized spacial score (nSPS) is 19.7. The fourth-order valence-electron chi connectivity index (χ4n) is 4.39. The summed E-state index contributed by atoms with van der Waals surface area (Å²) >= 11 is 0. The fraction of sp³-hybridized carbons (Fsp3) is 0.682. The molecule has 1 aliphatic heterocycles. The van der Waals surface area contributed by atoms with Crippen molar-refractivity contribution in [2.75, 3.05) is 26.0 Å². The Bertz CT molecular complexity index is 810. The SMILES string of the molecule is CC(C)(C)OC(=O)N1CCC2(CC1)CC(CCOc1ccc(S(C)(=O)=O)cc1)C2. The van der Waals surface area contributed by atoms with E-state index in [9.17, 15) is 13.2 Å². The van der Waals surface area contributed by atoms with Crippen LogP contribution in [0.4, 0.5) is 4.79 Å². The Hall–Kier alpha value is -1.76. The molecule has 1 saturated carbocycles. The third kappa shape index (κ3) is 5.87. The van der Waals surface area contributed by atoms with Crippen LogP contribution in [0.5, 0.6) is 5.75 Å². The van der Waals surface area contributed by atoms with Crippen LogP contribution >= 0.6 is 0 Å². The highest BCUT2D eigenvalue weighted by Gasteiger charge is 2.46. The van der Waals surface area contributed by atoms with E-state index in [0.717, 1.165) is 32.4 Å². The molecule has 1 aromatic carbocycles. The van der Waals surface area contributed by atoms with Crippen LogP contribution in [0.1, 0.15) is 52.9 Å². The number of amides is 1. The van der Waals surface area contributed by atoms with Crippen molar-refractivity contribution in [1.82, 2.24) is 4.90 Å². The molecule has 0 aromatic heterocycles. The summed E-state index contributed by atoms with van der Waals surface area (Å²) in [5.74, 6) is 1.37. The summed E-state index contributed by atoms with van der Waals surface area (Å²) in [5, 5.41) is 0. The van der Waals surface area contributed by atoms with E-state index >= 15 is 0 Å². The van der Waals surface area contributed by atoms with Gasteiger partial charge in [0.2, 0.25) is 0 Å². The maximum absolute atomic E-state index is 12.2. The van der Waals surface area contributed by atoms with Gasteiger partial charge in [-0.2, -0.15) is 0 Å². The van der Waals surface area contributed by atoms with E-state index in [1.807, 2.05) is 25.7 Å². The first-order chi connectivity index (χ1) is 13.5. The molecule has 1 aromatic rings. The third-order valence-electron chi connectivity index (χ3n) is 5.97. The zero-order valence-corrected chi connectivity index (χ0v) is 18.8. The maximum atomic E-state index is 12.2. The number of nitrogens with zero attached hydrogens (tertiary/aromatic N) is 1. The van der Waals surface area contributed by atoms with Crippen LogP contribution in [0, 0.1) is 11.3 Å². The van der Waals surface area contributed by atoms with E-state index in [4.69, 9.17) is 9.47 Å². The number of rotatable bonds is 5. The zero-order valence-electron chi connectivity index (χ0n) is 17.9. The Balaban J connectivity index is 1.36. The number of sulfone groups is 1. The molecule has 0 radical (unpaired) electrons. The van der Waals surface area contributed by atoms with Gasteiger partial charge in [-0.05, 0) is 88.5 Å². The van der Waals surface area contributed by atoms with Crippen molar-refractivity contribution in [3.8, 4) is 5.75 Å². The van der Waals surface area contributed by atoms with Crippen LogP contribution in [0.15, 0.2) is 29.2 Å². The molecule has 1 aliphatic carbocycles. The largest absolute Gasteiger partial charge is 0.494 e. The van der Waals surface area contributed by atoms with E-state index in [1.165, 1.54) is 19.1 Å². The van der Waals surface area contributed by atoms with Crippen molar-refractivity contribution in [2.45, 2.75) is 63.4 Å². The molecule has 1 amide bonds. The Morgan fingerprint density at radius 1 is 1.14 bits per heavy atom. The summed E-state index contributed by atoms with van der Waals surface area (Å²) in [4.78, 5) is 14.4. The van der Waals surface area contributed by atoms with Crippen molar-refractivity contribution >= 4 is 15.9 Å². The number of carbonyl (C=O) groups is 1. The third-order valence-corrected chi connectivity index (χ3v) is 7.09. The molecule has 29 heavy (non-hydrogen) atoms. The Morgan fingerprint density at radius 2 is 1.72 bits per heavy atom. The minimum absolute atomic E-state index is 0.196. The predicted molar refractivity (Wildman–Crippen MR) is 112 cm³/mol. The Kier molecular flexibility index (Phi) is 6.18. The number of piperidine rings is 1. The average molecular weight is 424 g/mol. The Labute approximate surface area is 174 Å². The van der Waals surface area contributed by atoms with E-state index < -0.39 is 15.4 Å². The van der Waals surface area contributed by atoms with Crippen LogP contribution in [-0.4, -0.2) is 51.0 Å². The second-order valence-corrected chi connectivity index (χ2v) is 11.6. The highest BCUT2D eigenvalue weighted by atomic mass is 32.2. The lowest BCUT2D eigenvalue weighted by Crippen LogP contribution is -2.49. The van der Waals surface area contributed by atoms with Crippen LogP contribution < -0.4 is 4.74 Å². The average Bonchev–Trinajstić information content (AvgIpc) is 2.59. The topological polar surface area (TPSA) is 72.9 Å². The van der Waals surface area contributed by atoms with Gasteiger partial charge in [-0.15, -0.1) is 0 Å². The first-order valence-corrected chi connectivity index (χ1v) is 12.3. The lowest BCUT2D eigenvalue weighted by Gasteiger charge is -2.52. The number of hydrogen-bond acceptors (Lipinski definition) is 5. The molecular weight excluding hydrogens is 390 g/mol. The van der Waals surface area contributed by atoms with Crippen molar-refractivity contribution in [1.29, 1.82) is 0 Å². The van der Waals surface area contributed by atoms with Gasteiger partial charge in [0.25, 0.3) is 0 Å². The fourth-order valence-corrected chi connectivity index (χ4v) is 5.02. The number of benzene rings is 1. The van der Waals surface area contributed by atoms with Crippen molar-refractivity contribution < 1.29 is 22.7 Å². The maximum Gasteiger partial charge on any atom is 0.410 e. The minimum Gasteiger partial charge on any atom is -0.494 e. The Morgan fingerprint density at radius 3 is 2.24 bits per heavy atom. The van der Waals surface area contributed by atoms with Crippen LogP contribution in [-0.2, 0) is 14.6 Å². The molecular formula is C22H33NO5S. The highest BCUT2D eigenvalue weighted by molar-refractivity contribution is 7.90. The van der Waals surface area contributed by atoms with E-state index in [2.05, 4.69) is 0 Å². The van der Waals surface area contributed by atoms with Gasteiger partial charge in [-0.3, -0.25) is 0 Å². The summed E-state index contributed by atoms with van der Waals surface area (Å²) < 4.78 is 34.2. The number of hydrogen-bond donors (Lipinski definition) is 0. The van der Waals surface area contributed by atoms with Gasteiger partial charge in [-0.1, -0.05) is 0 Å². The van der Waals surface area contributed by atoms with Gasteiger partial charge >= 0.3 is 6.09 Å². The zero-order chi connectivity index (χ0) is 21.3. The molecule has 1 saturated heterocycles. The standard InChI is InChI=1S/C22H33NO5S/c1-21(2,3)28-20(24)23-12-10-22(11-13-23)15-17(16-22)9-14-27-18-5-7-19(8-6-18)29(4,25)26/h5-8,17H,9-16H2,1-4H3. The van der Waals surface area contributed by atoms with Crippen LogP contribution in [0.25, 0.3) is 0 Å². The second kappa shape index (κ2) is 8.17. The van der Waals surface area contributed by atoms with Crippen molar-refractivity contribution in [2.24, 2.45) is 11.3 Å². The molecule has 2 fully saturated rings. The molecule has 0 unspecified atom stereocenters. The van der Waals surface area contributed by atoms with E-state index in [0.29, 0.717) is 28.6 Å². The predicted octanol–water partition coefficient (Wildman–Crippen LogP) is 4.29. The molecule has 2 aliphatic rings. The molecule has 0 atom stereocenters. The minimum atomic E-state index is -3.17. The van der Waals surface area contributed by atoms with Crippen LogP contribution in [0.2, 0.25) is 0 Å². The van der Waals surface area contributed by atoms with Gasteiger partial charge < -0.3 is 14.4 Å². The molecule has 162 valence electrons. The second-order valence-electron chi connectivity index (χ2n) is 9.62. The van der Waals surface area contributed by atoms with Gasteiger partial charge in [0.1, 0.15) is 11.4 Å². The molecule has 1 spiro atoms. The van der Waals surface area contributed by atoms with Gasteiger partial charge in [-0.25, -0.2) is 13.2 Å². The lowest BCUT2D eigenvalue weighted by atomic mass is 9.57. The number of likely N-dealkylation sites (tertiary alicyclic amines) is 1. The summed E-state index contributed by atoms with van der Waals surface area (Å²) in [6, 6.07) is 6.60. The highest BCUT2D eigenvalue weighted by Crippen LogP contribution is 2.53. The molecule has 7 heteroatoms. The summed E-state index contributed by atoms with van der Waals surface area (Å²) in [6.07, 6.45) is 6.52. The molecule has 1 heterocycles.